The molecule has 1 saturated heterocycles. The highest BCUT2D eigenvalue weighted by Crippen LogP contribution is 2.41. The van der Waals surface area contributed by atoms with E-state index in [0.29, 0.717) is 24.0 Å². The van der Waals surface area contributed by atoms with Crippen LogP contribution in [0.2, 0.25) is 5.02 Å². The van der Waals surface area contributed by atoms with Crippen LogP contribution in [0.5, 0.6) is 5.75 Å². The van der Waals surface area contributed by atoms with Crippen molar-refractivity contribution in [2.24, 2.45) is 0 Å². The van der Waals surface area contributed by atoms with Gasteiger partial charge in [0.2, 0.25) is 0 Å². The Kier molecular flexibility index (Phi) is 4.62. The first-order chi connectivity index (χ1) is 12.3. The van der Waals surface area contributed by atoms with Crippen molar-refractivity contribution in [1.29, 1.82) is 0 Å². The Bertz CT molecular complexity index is 876. The van der Waals surface area contributed by atoms with E-state index in [4.69, 9.17) is 16.3 Å². The Morgan fingerprint density at radius 2 is 1.56 bits per heavy atom. The van der Waals surface area contributed by atoms with Crippen molar-refractivity contribution < 1.29 is 9.84 Å². The van der Waals surface area contributed by atoms with E-state index in [1.54, 1.807) is 0 Å². The fraction of sp³-hybridized carbons (Fsp3) is 0.238. The van der Waals surface area contributed by atoms with Crippen molar-refractivity contribution >= 4 is 22.4 Å². The lowest BCUT2D eigenvalue weighted by molar-refractivity contribution is 0.0236. The van der Waals surface area contributed by atoms with E-state index in [1.807, 2.05) is 48.5 Å². The maximum Gasteiger partial charge on any atom is 0.128 e. The molecule has 0 saturated carbocycles. The number of hydrogen-bond acceptors (Lipinski definition) is 3. The normalized spacial score (nSPS) is 16.8. The van der Waals surface area contributed by atoms with Crippen molar-refractivity contribution in [1.82, 2.24) is 4.90 Å². The van der Waals surface area contributed by atoms with Crippen molar-refractivity contribution in [2.45, 2.75) is 6.04 Å². The van der Waals surface area contributed by atoms with Gasteiger partial charge in [-0.25, -0.2) is 0 Å². The first-order valence-corrected chi connectivity index (χ1v) is 8.90. The third-order valence-electron chi connectivity index (χ3n) is 4.82. The number of ether oxygens (including phenoxy) is 1. The molecular weight excluding hydrogens is 334 g/mol. The van der Waals surface area contributed by atoms with E-state index in [2.05, 4.69) is 17.0 Å². The summed E-state index contributed by atoms with van der Waals surface area (Å²) >= 11 is 6.55. The van der Waals surface area contributed by atoms with Crippen LogP contribution < -0.4 is 0 Å². The number of hydrogen-bond donors (Lipinski definition) is 1. The van der Waals surface area contributed by atoms with Gasteiger partial charge < -0.3 is 9.84 Å². The standard InChI is InChI=1S/C21H20ClNO2/c22-19-14-18(21(24)17-9-5-4-8-16(17)19)20(15-6-2-1-3-7-15)23-10-12-25-13-11-23/h1-9,14,20,24H,10-13H2. The number of phenols is 1. The lowest BCUT2D eigenvalue weighted by atomic mass is 9.93. The van der Waals surface area contributed by atoms with Crippen LogP contribution in [0.3, 0.4) is 0 Å². The molecule has 128 valence electrons. The molecule has 1 atom stereocenters. The Morgan fingerprint density at radius 3 is 2.28 bits per heavy atom. The maximum absolute atomic E-state index is 11.0. The summed E-state index contributed by atoms with van der Waals surface area (Å²) in [6.45, 7) is 3.05. The van der Waals surface area contributed by atoms with Crippen LogP contribution in [-0.2, 0) is 4.74 Å². The minimum atomic E-state index is -0.0489. The zero-order valence-corrected chi connectivity index (χ0v) is 14.6. The van der Waals surface area contributed by atoms with Crippen LogP contribution >= 0.6 is 11.6 Å². The monoisotopic (exact) mass is 353 g/mol. The molecule has 1 aliphatic rings. The lowest BCUT2D eigenvalue weighted by Gasteiger charge is -2.35. The highest BCUT2D eigenvalue weighted by Gasteiger charge is 2.27. The summed E-state index contributed by atoms with van der Waals surface area (Å²) < 4.78 is 5.52. The zero-order chi connectivity index (χ0) is 17.2. The Labute approximate surface area is 152 Å². The molecule has 0 radical (unpaired) electrons. The molecule has 3 nitrogen and oxygen atoms in total. The van der Waals surface area contributed by atoms with Crippen LogP contribution in [0.4, 0.5) is 0 Å². The first-order valence-electron chi connectivity index (χ1n) is 8.52. The minimum Gasteiger partial charge on any atom is -0.507 e. The van der Waals surface area contributed by atoms with Gasteiger partial charge in [-0.3, -0.25) is 4.90 Å². The van der Waals surface area contributed by atoms with E-state index in [9.17, 15) is 5.11 Å². The minimum absolute atomic E-state index is 0.0489. The number of aromatic hydroxyl groups is 1. The van der Waals surface area contributed by atoms with Gasteiger partial charge in [0.05, 0.1) is 19.3 Å². The summed E-state index contributed by atoms with van der Waals surface area (Å²) in [6, 6.07) is 19.8. The zero-order valence-electron chi connectivity index (χ0n) is 13.9. The van der Waals surface area contributed by atoms with Crippen LogP contribution in [-0.4, -0.2) is 36.3 Å². The fourth-order valence-electron chi connectivity index (χ4n) is 3.60. The molecule has 1 fully saturated rings. The molecule has 0 amide bonds. The van der Waals surface area contributed by atoms with Gasteiger partial charge in [-0.2, -0.15) is 0 Å². The number of fused-ring (bicyclic) bond motifs is 1. The lowest BCUT2D eigenvalue weighted by Crippen LogP contribution is -2.39. The smallest absolute Gasteiger partial charge is 0.128 e. The van der Waals surface area contributed by atoms with Crippen molar-refractivity contribution in [2.75, 3.05) is 26.3 Å². The van der Waals surface area contributed by atoms with Gasteiger partial charge in [0.1, 0.15) is 5.75 Å². The van der Waals surface area contributed by atoms with Crippen LogP contribution in [0.25, 0.3) is 10.8 Å². The largest absolute Gasteiger partial charge is 0.507 e. The molecule has 0 aliphatic carbocycles. The number of phenolic OH excluding ortho intramolecular Hbond substituents is 1. The molecule has 4 rings (SSSR count). The van der Waals surface area contributed by atoms with Gasteiger partial charge in [0, 0.05) is 34.4 Å². The van der Waals surface area contributed by atoms with Gasteiger partial charge in [-0.05, 0) is 11.6 Å². The quantitative estimate of drug-likeness (QED) is 0.745. The summed E-state index contributed by atoms with van der Waals surface area (Å²) in [6.07, 6.45) is 0. The second-order valence-electron chi connectivity index (χ2n) is 6.30. The Hall–Kier alpha value is -2.07. The molecule has 3 aromatic carbocycles. The number of benzene rings is 3. The molecule has 0 aromatic heterocycles. The predicted octanol–water partition coefficient (Wildman–Crippen LogP) is 4.62. The molecule has 3 aromatic rings. The average molecular weight is 354 g/mol. The molecular formula is C21H20ClNO2. The summed E-state index contributed by atoms with van der Waals surface area (Å²) in [7, 11) is 0. The maximum atomic E-state index is 11.0. The third kappa shape index (κ3) is 3.11. The highest BCUT2D eigenvalue weighted by molar-refractivity contribution is 6.36. The SMILES string of the molecule is Oc1c(C(c2ccccc2)N2CCOCC2)cc(Cl)c2ccccc12. The van der Waals surface area contributed by atoms with E-state index < -0.39 is 0 Å². The van der Waals surface area contributed by atoms with E-state index >= 15 is 0 Å². The summed E-state index contributed by atoms with van der Waals surface area (Å²) in [5.74, 6) is 0.306. The Balaban J connectivity index is 1.90. The fourth-order valence-corrected chi connectivity index (χ4v) is 3.88. The molecule has 1 unspecified atom stereocenters. The summed E-state index contributed by atoms with van der Waals surface area (Å²) in [5, 5.41) is 13.3. The molecule has 1 aliphatic heterocycles. The number of morpholine rings is 1. The van der Waals surface area contributed by atoms with Gasteiger partial charge >= 0.3 is 0 Å². The van der Waals surface area contributed by atoms with Crippen LogP contribution in [0, 0.1) is 0 Å². The van der Waals surface area contributed by atoms with Crippen molar-refractivity contribution in [3.05, 3.63) is 76.8 Å². The van der Waals surface area contributed by atoms with Gasteiger partial charge in [-0.1, -0.05) is 66.2 Å². The summed E-state index contributed by atoms with van der Waals surface area (Å²) in [5.41, 5.74) is 1.99. The first kappa shape index (κ1) is 16.4. The number of rotatable bonds is 3. The molecule has 0 bridgehead atoms. The second kappa shape index (κ2) is 7.04. The van der Waals surface area contributed by atoms with Crippen LogP contribution in [0.15, 0.2) is 60.7 Å². The van der Waals surface area contributed by atoms with E-state index in [1.165, 1.54) is 0 Å². The molecule has 0 spiro atoms. The van der Waals surface area contributed by atoms with Gasteiger partial charge in [0.25, 0.3) is 0 Å². The van der Waals surface area contributed by atoms with Crippen molar-refractivity contribution in [3.63, 3.8) is 0 Å². The number of halogens is 1. The van der Waals surface area contributed by atoms with Crippen LogP contribution in [0.1, 0.15) is 17.2 Å². The molecule has 4 heteroatoms. The van der Waals surface area contributed by atoms with Crippen molar-refractivity contribution in [3.8, 4) is 5.75 Å². The molecule has 1 N–H and O–H groups in total. The van der Waals surface area contributed by atoms with E-state index in [-0.39, 0.29) is 6.04 Å². The number of nitrogens with zero attached hydrogens (tertiary/aromatic N) is 1. The topological polar surface area (TPSA) is 32.7 Å². The average Bonchev–Trinajstić information content (AvgIpc) is 2.68. The third-order valence-corrected chi connectivity index (χ3v) is 5.13. The molecule has 1 heterocycles. The summed E-state index contributed by atoms with van der Waals surface area (Å²) in [4.78, 5) is 2.35. The molecule has 25 heavy (non-hydrogen) atoms. The van der Waals surface area contributed by atoms with E-state index in [0.717, 1.165) is 35.0 Å². The predicted molar refractivity (Wildman–Crippen MR) is 101 cm³/mol. The van der Waals surface area contributed by atoms with Gasteiger partial charge in [0.15, 0.2) is 0 Å². The Morgan fingerprint density at radius 1 is 0.920 bits per heavy atom. The van der Waals surface area contributed by atoms with Gasteiger partial charge in [-0.15, -0.1) is 0 Å². The highest BCUT2D eigenvalue weighted by atomic mass is 35.5. The second-order valence-corrected chi connectivity index (χ2v) is 6.71.